The van der Waals surface area contributed by atoms with Crippen LogP contribution in [0.1, 0.15) is 33.4 Å². The summed E-state index contributed by atoms with van der Waals surface area (Å²) in [5.41, 5.74) is 0.810. The average Bonchev–Trinajstić information content (AvgIpc) is 3.10. The van der Waals surface area contributed by atoms with Crippen LogP contribution in [-0.2, 0) is 33.3 Å². The number of aryl methyl sites for hydroxylation is 2. The molecule has 0 atom stereocenters. The van der Waals surface area contributed by atoms with Crippen LogP contribution in [0.4, 0.5) is 20.2 Å². The second-order valence-corrected chi connectivity index (χ2v) is 15.2. The van der Waals surface area contributed by atoms with Crippen molar-refractivity contribution in [2.75, 3.05) is 23.5 Å². The van der Waals surface area contributed by atoms with E-state index in [1.54, 1.807) is 38.1 Å². The molecule has 0 fully saturated rings. The van der Waals surface area contributed by atoms with Gasteiger partial charge < -0.3 is 13.6 Å². The maximum atomic E-state index is 14.7. The van der Waals surface area contributed by atoms with E-state index in [1.807, 2.05) is 0 Å². The predicted octanol–water partition coefficient (Wildman–Crippen LogP) is 5.52. The second kappa shape index (κ2) is 14.4. The number of benzene rings is 4. The van der Waals surface area contributed by atoms with Crippen molar-refractivity contribution in [3.05, 3.63) is 139 Å². The summed E-state index contributed by atoms with van der Waals surface area (Å²) in [6.07, 6.45) is -0.321. The number of nitrogens with one attached hydrogen (secondary N) is 4. The fourth-order valence-electron chi connectivity index (χ4n) is 5.76. The van der Waals surface area contributed by atoms with Crippen molar-refractivity contribution >= 4 is 53.7 Å². The molecule has 0 bridgehead atoms. The quantitative estimate of drug-likeness (QED) is 0.116. The highest BCUT2D eigenvalue weighted by atomic mass is 32.2. The smallest absolute Gasteiger partial charge is 0.340 e. The maximum absolute atomic E-state index is 14.7. The van der Waals surface area contributed by atoms with Crippen LogP contribution >= 0.6 is 0 Å². The van der Waals surface area contributed by atoms with Gasteiger partial charge in [-0.3, -0.25) is 9.44 Å². The first-order valence-electron chi connectivity index (χ1n) is 15.9. The average molecular weight is 767 g/mol. The van der Waals surface area contributed by atoms with Crippen LogP contribution in [0.5, 0.6) is 11.5 Å². The fraction of sp³-hybridized carbons (Fsp3) is 0.167. The summed E-state index contributed by atoms with van der Waals surface area (Å²) >= 11 is 0. The normalized spacial score (nSPS) is 12.0. The van der Waals surface area contributed by atoms with Crippen molar-refractivity contribution in [3.8, 4) is 11.5 Å². The van der Waals surface area contributed by atoms with Crippen LogP contribution in [0.25, 0.3) is 21.9 Å². The molecule has 53 heavy (non-hydrogen) atoms. The number of ether oxygens (including phenoxy) is 1. The van der Waals surface area contributed by atoms with Gasteiger partial charge in [0.1, 0.15) is 34.3 Å². The largest absolute Gasteiger partial charge is 0.457 e. The lowest BCUT2D eigenvalue weighted by molar-refractivity contribution is 0.477. The van der Waals surface area contributed by atoms with E-state index in [0.717, 1.165) is 12.1 Å². The minimum absolute atomic E-state index is 0.0813. The number of hydrogen-bond acceptors (Lipinski definition) is 9. The molecule has 0 saturated heterocycles. The third kappa shape index (κ3) is 8.07. The SMILES string of the molecule is CNS(=O)(=O)Nc1ccc(F)c(Cc2c(C)c3ccc(Oc4ccc5c(C)c(Cc6cc(NS(=O)(=O)NC)ccc6F)c(=O)oc5c4)cc3oc2=O)c1. The third-order valence-corrected chi connectivity index (χ3v) is 10.7. The van der Waals surface area contributed by atoms with Crippen LogP contribution in [0.15, 0.2) is 91.2 Å². The molecule has 0 aliphatic carbocycles. The van der Waals surface area contributed by atoms with Gasteiger partial charge in [-0.2, -0.15) is 16.8 Å². The van der Waals surface area contributed by atoms with Crippen LogP contribution in [0, 0.1) is 25.5 Å². The lowest BCUT2D eigenvalue weighted by Gasteiger charge is -2.13. The van der Waals surface area contributed by atoms with Gasteiger partial charge >= 0.3 is 11.3 Å². The van der Waals surface area contributed by atoms with E-state index in [0.29, 0.717) is 33.4 Å². The second-order valence-electron chi connectivity index (χ2n) is 12.0. The fourth-order valence-corrected chi connectivity index (χ4v) is 6.84. The molecule has 0 aliphatic heterocycles. The summed E-state index contributed by atoms with van der Waals surface area (Å²) in [5.74, 6) is -0.672. The zero-order valence-electron chi connectivity index (χ0n) is 28.6. The molecule has 4 N–H and O–H groups in total. The summed E-state index contributed by atoms with van der Waals surface area (Å²) in [4.78, 5) is 26.2. The maximum Gasteiger partial charge on any atom is 0.340 e. The molecular formula is C36H32F2N4O9S2. The van der Waals surface area contributed by atoms with Gasteiger partial charge in [0.2, 0.25) is 0 Å². The first-order chi connectivity index (χ1) is 25.1. The van der Waals surface area contributed by atoms with Crippen molar-refractivity contribution in [3.63, 3.8) is 0 Å². The molecule has 6 rings (SSSR count). The van der Waals surface area contributed by atoms with E-state index in [-0.39, 0.29) is 57.6 Å². The Balaban J connectivity index is 1.25. The zero-order valence-corrected chi connectivity index (χ0v) is 30.2. The summed E-state index contributed by atoms with van der Waals surface area (Å²) in [6, 6.07) is 17.0. The Morgan fingerprint density at radius 3 is 1.38 bits per heavy atom. The van der Waals surface area contributed by atoms with Gasteiger partial charge in [0, 0.05) is 61.0 Å². The molecule has 4 aromatic carbocycles. The van der Waals surface area contributed by atoms with E-state index >= 15 is 0 Å². The van der Waals surface area contributed by atoms with Gasteiger partial charge in [-0.15, -0.1) is 0 Å². The van der Waals surface area contributed by atoms with E-state index in [9.17, 15) is 35.2 Å². The molecule has 17 heteroatoms. The lowest BCUT2D eigenvalue weighted by atomic mass is 9.99. The Bertz CT molecular complexity index is 2580. The highest BCUT2D eigenvalue weighted by molar-refractivity contribution is 7.91. The summed E-state index contributed by atoms with van der Waals surface area (Å²) in [7, 11) is -5.24. The molecule has 0 radical (unpaired) electrons. The molecular weight excluding hydrogens is 735 g/mol. The molecule has 0 spiro atoms. The van der Waals surface area contributed by atoms with E-state index in [1.165, 1.54) is 50.5 Å². The molecule has 13 nitrogen and oxygen atoms in total. The minimum atomic E-state index is -3.84. The van der Waals surface area contributed by atoms with E-state index in [4.69, 9.17) is 13.6 Å². The monoisotopic (exact) mass is 766 g/mol. The van der Waals surface area contributed by atoms with Gasteiger partial charge in [-0.25, -0.2) is 27.8 Å². The topological polar surface area (TPSA) is 186 Å². The highest BCUT2D eigenvalue weighted by Crippen LogP contribution is 2.32. The van der Waals surface area contributed by atoms with Crippen molar-refractivity contribution < 1.29 is 39.2 Å². The van der Waals surface area contributed by atoms with Crippen LogP contribution in [0.3, 0.4) is 0 Å². The summed E-state index contributed by atoms with van der Waals surface area (Å²) in [5, 5.41) is 1.13. The van der Waals surface area contributed by atoms with Crippen molar-refractivity contribution in [2.24, 2.45) is 0 Å². The Morgan fingerprint density at radius 2 is 1.00 bits per heavy atom. The van der Waals surface area contributed by atoms with Gasteiger partial charge in [-0.05, 0) is 96.8 Å². The number of fused-ring (bicyclic) bond motifs is 2. The van der Waals surface area contributed by atoms with Crippen molar-refractivity contribution in [2.45, 2.75) is 26.7 Å². The van der Waals surface area contributed by atoms with Crippen LogP contribution < -0.4 is 34.9 Å². The first kappa shape index (κ1) is 37.1. The number of rotatable bonds is 12. The standard InChI is InChI=1S/C36H32F2N4O9S2/c1-19-27-9-7-25(17-33(27)50-35(43)29(19)15-21-13-23(5-11-31(21)37)41-52(45,46)39-3)49-26-8-10-28-20(2)30(36(44)51-34(28)18-26)16-22-14-24(6-12-32(22)38)42-53(47,48)40-4/h5-14,17-18,39-42H,15-16H2,1-4H3. The Hall–Kier alpha value is -5.62. The molecule has 6 aromatic rings. The Labute approximate surface area is 302 Å². The minimum Gasteiger partial charge on any atom is -0.457 e. The van der Waals surface area contributed by atoms with Gasteiger partial charge in [-0.1, -0.05) is 0 Å². The number of hydrogen-bond donors (Lipinski definition) is 4. The molecule has 2 heterocycles. The highest BCUT2D eigenvalue weighted by Gasteiger charge is 2.19. The molecule has 0 aliphatic rings. The van der Waals surface area contributed by atoms with Crippen LogP contribution in [-0.4, -0.2) is 30.9 Å². The van der Waals surface area contributed by atoms with Crippen LogP contribution in [0.2, 0.25) is 0 Å². The zero-order chi connectivity index (χ0) is 38.2. The number of anilines is 2. The van der Waals surface area contributed by atoms with Gasteiger partial charge in [0.15, 0.2) is 0 Å². The molecule has 0 amide bonds. The lowest BCUT2D eigenvalue weighted by Crippen LogP contribution is -2.26. The summed E-state index contributed by atoms with van der Waals surface area (Å²) in [6.45, 7) is 3.39. The summed E-state index contributed by atoms with van der Waals surface area (Å²) < 4.78 is 103. The van der Waals surface area contributed by atoms with Crippen molar-refractivity contribution in [1.29, 1.82) is 0 Å². The third-order valence-electron chi connectivity index (χ3n) is 8.62. The van der Waals surface area contributed by atoms with Gasteiger partial charge in [0.25, 0.3) is 20.4 Å². The van der Waals surface area contributed by atoms with E-state index < -0.39 is 43.3 Å². The molecule has 276 valence electrons. The molecule has 0 saturated carbocycles. The van der Waals surface area contributed by atoms with Crippen molar-refractivity contribution in [1.82, 2.24) is 9.44 Å². The Morgan fingerprint density at radius 1 is 0.604 bits per heavy atom. The molecule has 2 aromatic heterocycles. The Kier molecular flexibility index (Phi) is 10.1. The van der Waals surface area contributed by atoms with E-state index in [2.05, 4.69) is 18.9 Å². The predicted molar refractivity (Wildman–Crippen MR) is 196 cm³/mol. The molecule has 0 unspecified atom stereocenters. The first-order valence-corrected chi connectivity index (χ1v) is 18.8. The number of halogens is 2. The van der Waals surface area contributed by atoms with Gasteiger partial charge in [0.05, 0.1) is 11.4 Å².